The van der Waals surface area contributed by atoms with Gasteiger partial charge >= 0.3 is 5.69 Å². The molecule has 1 aromatic heterocycles. The number of aryl methyl sites for hydroxylation is 1. The number of aromatic amines is 1. The molecule has 5 heteroatoms. The fourth-order valence-corrected chi connectivity index (χ4v) is 0.942. The first kappa shape index (κ1) is 7.75. The van der Waals surface area contributed by atoms with Gasteiger partial charge in [-0.3, -0.25) is 0 Å². The van der Waals surface area contributed by atoms with E-state index in [-0.39, 0.29) is 5.15 Å². The highest BCUT2D eigenvalue weighted by molar-refractivity contribution is 9.10. The molecule has 0 fully saturated rings. The Morgan fingerprint density at radius 2 is 2.30 bits per heavy atom. The van der Waals surface area contributed by atoms with Crippen molar-refractivity contribution in [2.75, 3.05) is 0 Å². The average molecular weight is 223 g/mol. The molecule has 1 rings (SSSR count). The van der Waals surface area contributed by atoms with E-state index in [9.17, 15) is 4.79 Å². The third-order valence-electron chi connectivity index (χ3n) is 1.00. The van der Waals surface area contributed by atoms with Gasteiger partial charge in [0.05, 0.1) is 4.47 Å². The van der Waals surface area contributed by atoms with Crippen molar-refractivity contribution in [3.63, 3.8) is 0 Å². The van der Waals surface area contributed by atoms with E-state index in [0.29, 0.717) is 10.2 Å². The molecule has 0 spiro atoms. The molecule has 0 aliphatic carbocycles. The second-order valence-corrected chi connectivity index (χ2v) is 2.92. The Labute approximate surface area is 70.6 Å². The van der Waals surface area contributed by atoms with Crippen molar-refractivity contribution in [3.05, 3.63) is 25.8 Å². The van der Waals surface area contributed by atoms with Gasteiger partial charge in [0.25, 0.3) is 0 Å². The molecule has 0 aliphatic heterocycles. The lowest BCUT2D eigenvalue weighted by molar-refractivity contribution is 1.01. The van der Waals surface area contributed by atoms with E-state index in [2.05, 4.69) is 25.9 Å². The molecule has 0 atom stereocenters. The SMILES string of the molecule is Cc1[nH]c(=O)nc(Cl)c1Br. The minimum absolute atomic E-state index is 0.196. The Hall–Kier alpha value is -0.350. The maximum Gasteiger partial charge on any atom is 0.346 e. The van der Waals surface area contributed by atoms with Gasteiger partial charge in [-0.05, 0) is 22.9 Å². The third kappa shape index (κ3) is 1.38. The quantitative estimate of drug-likeness (QED) is 0.678. The third-order valence-corrected chi connectivity index (χ3v) is 2.48. The van der Waals surface area contributed by atoms with Crippen molar-refractivity contribution in [2.45, 2.75) is 6.92 Å². The second-order valence-electron chi connectivity index (χ2n) is 1.77. The molecular formula is C5H4BrClN2O. The summed E-state index contributed by atoms with van der Waals surface area (Å²) in [5, 5.41) is 0.196. The van der Waals surface area contributed by atoms with Crippen LogP contribution in [0.2, 0.25) is 5.15 Å². The topological polar surface area (TPSA) is 45.8 Å². The average Bonchev–Trinajstić information content (AvgIpc) is 1.82. The molecule has 0 amide bonds. The minimum atomic E-state index is -0.425. The van der Waals surface area contributed by atoms with Crippen LogP contribution in [-0.4, -0.2) is 9.97 Å². The molecular weight excluding hydrogens is 219 g/mol. The predicted molar refractivity (Wildman–Crippen MR) is 42.3 cm³/mol. The number of halogens is 2. The molecule has 1 aromatic rings. The molecule has 3 nitrogen and oxygen atoms in total. The molecule has 0 bridgehead atoms. The molecule has 54 valence electrons. The van der Waals surface area contributed by atoms with Gasteiger partial charge < -0.3 is 4.98 Å². The lowest BCUT2D eigenvalue weighted by atomic mass is 10.5. The Morgan fingerprint density at radius 1 is 1.70 bits per heavy atom. The number of H-pyrrole nitrogens is 1. The number of aromatic nitrogens is 2. The summed E-state index contributed by atoms with van der Waals surface area (Å²) in [6.45, 7) is 1.74. The highest BCUT2D eigenvalue weighted by atomic mass is 79.9. The zero-order valence-electron chi connectivity index (χ0n) is 5.11. The van der Waals surface area contributed by atoms with Gasteiger partial charge in [0.1, 0.15) is 0 Å². The number of hydrogen-bond donors (Lipinski definition) is 1. The number of hydrogen-bond acceptors (Lipinski definition) is 2. The Bertz CT molecular complexity index is 283. The Balaban J connectivity index is 3.46. The fraction of sp³-hybridized carbons (Fsp3) is 0.200. The second kappa shape index (κ2) is 2.72. The van der Waals surface area contributed by atoms with Crippen LogP contribution in [0.3, 0.4) is 0 Å². The Kier molecular flexibility index (Phi) is 2.11. The first-order valence-corrected chi connectivity index (χ1v) is 3.70. The standard InChI is InChI=1S/C5H4BrClN2O/c1-2-3(6)4(7)9-5(10)8-2/h1H3,(H,8,9,10). The number of nitrogens with zero attached hydrogens (tertiary/aromatic N) is 1. The van der Waals surface area contributed by atoms with Crippen molar-refractivity contribution in [1.82, 2.24) is 9.97 Å². The van der Waals surface area contributed by atoms with Crippen molar-refractivity contribution in [1.29, 1.82) is 0 Å². The molecule has 0 saturated heterocycles. The summed E-state index contributed by atoms with van der Waals surface area (Å²) in [4.78, 5) is 16.5. The van der Waals surface area contributed by atoms with Crippen LogP contribution < -0.4 is 5.69 Å². The summed E-state index contributed by atoms with van der Waals surface area (Å²) in [5.74, 6) is 0. The van der Waals surface area contributed by atoms with E-state index in [1.165, 1.54) is 0 Å². The maximum absolute atomic E-state index is 10.6. The maximum atomic E-state index is 10.6. The minimum Gasteiger partial charge on any atom is -0.309 e. The molecule has 0 aromatic carbocycles. The Morgan fingerprint density at radius 3 is 2.80 bits per heavy atom. The van der Waals surface area contributed by atoms with Crippen molar-refractivity contribution < 1.29 is 0 Å². The largest absolute Gasteiger partial charge is 0.346 e. The van der Waals surface area contributed by atoms with Crippen molar-refractivity contribution in [2.24, 2.45) is 0 Å². The van der Waals surface area contributed by atoms with Crippen LogP contribution >= 0.6 is 27.5 Å². The molecule has 10 heavy (non-hydrogen) atoms. The van der Waals surface area contributed by atoms with E-state index in [1.54, 1.807) is 6.92 Å². The van der Waals surface area contributed by atoms with E-state index in [0.717, 1.165) is 0 Å². The highest BCUT2D eigenvalue weighted by Crippen LogP contribution is 2.19. The summed E-state index contributed by atoms with van der Waals surface area (Å²) in [5.41, 5.74) is 0.260. The zero-order chi connectivity index (χ0) is 7.72. The normalized spacial score (nSPS) is 9.90. The summed E-state index contributed by atoms with van der Waals surface area (Å²) in [6.07, 6.45) is 0. The van der Waals surface area contributed by atoms with Gasteiger partial charge in [-0.1, -0.05) is 11.6 Å². The van der Waals surface area contributed by atoms with E-state index in [1.807, 2.05) is 0 Å². The van der Waals surface area contributed by atoms with Crippen LogP contribution in [-0.2, 0) is 0 Å². The zero-order valence-corrected chi connectivity index (χ0v) is 7.45. The van der Waals surface area contributed by atoms with Crippen LogP contribution in [0.25, 0.3) is 0 Å². The van der Waals surface area contributed by atoms with Gasteiger partial charge in [0.2, 0.25) is 0 Å². The van der Waals surface area contributed by atoms with Gasteiger partial charge in [0, 0.05) is 5.69 Å². The van der Waals surface area contributed by atoms with Gasteiger partial charge in [-0.25, -0.2) is 4.79 Å². The van der Waals surface area contributed by atoms with E-state index in [4.69, 9.17) is 11.6 Å². The first-order chi connectivity index (χ1) is 4.61. The summed E-state index contributed by atoms with van der Waals surface area (Å²) < 4.78 is 0.633. The summed E-state index contributed by atoms with van der Waals surface area (Å²) in [6, 6.07) is 0. The monoisotopic (exact) mass is 222 g/mol. The van der Waals surface area contributed by atoms with Crippen LogP contribution in [0.5, 0.6) is 0 Å². The predicted octanol–water partition coefficient (Wildman–Crippen LogP) is 1.49. The summed E-state index contributed by atoms with van der Waals surface area (Å²) in [7, 11) is 0. The van der Waals surface area contributed by atoms with E-state index < -0.39 is 5.69 Å². The van der Waals surface area contributed by atoms with Crippen molar-refractivity contribution >= 4 is 27.5 Å². The van der Waals surface area contributed by atoms with E-state index >= 15 is 0 Å². The molecule has 0 radical (unpaired) electrons. The smallest absolute Gasteiger partial charge is 0.309 e. The van der Waals surface area contributed by atoms with Crippen LogP contribution in [0, 0.1) is 6.92 Å². The fourth-order valence-electron chi connectivity index (χ4n) is 0.536. The van der Waals surface area contributed by atoms with Gasteiger partial charge in [-0.15, -0.1) is 0 Å². The lowest BCUT2D eigenvalue weighted by Crippen LogP contribution is -2.11. The first-order valence-electron chi connectivity index (χ1n) is 2.53. The van der Waals surface area contributed by atoms with Crippen molar-refractivity contribution in [3.8, 4) is 0 Å². The molecule has 0 unspecified atom stereocenters. The lowest BCUT2D eigenvalue weighted by Gasteiger charge is -1.96. The van der Waals surface area contributed by atoms with Crippen LogP contribution in [0.1, 0.15) is 5.69 Å². The van der Waals surface area contributed by atoms with Gasteiger partial charge in [0.15, 0.2) is 5.15 Å². The van der Waals surface area contributed by atoms with Gasteiger partial charge in [-0.2, -0.15) is 4.98 Å². The summed E-state index contributed by atoms with van der Waals surface area (Å²) >= 11 is 8.69. The molecule has 1 N–H and O–H groups in total. The molecule has 0 aliphatic rings. The van der Waals surface area contributed by atoms with Crippen LogP contribution in [0.15, 0.2) is 9.27 Å². The molecule has 1 heterocycles. The highest BCUT2D eigenvalue weighted by Gasteiger charge is 2.01. The number of rotatable bonds is 0. The van der Waals surface area contributed by atoms with Crippen LogP contribution in [0.4, 0.5) is 0 Å². The molecule has 0 saturated carbocycles. The number of nitrogens with one attached hydrogen (secondary N) is 1.